The second-order valence-electron chi connectivity index (χ2n) is 6.21. The summed E-state index contributed by atoms with van der Waals surface area (Å²) in [6, 6.07) is 18.9. The monoisotopic (exact) mass is 351 g/mol. The van der Waals surface area contributed by atoms with Gasteiger partial charge >= 0.3 is 5.97 Å². The Morgan fingerprint density at radius 3 is 2.38 bits per heavy atom. The number of hydrogen-bond donors (Lipinski definition) is 1. The van der Waals surface area contributed by atoms with E-state index in [9.17, 15) is 9.59 Å². The summed E-state index contributed by atoms with van der Waals surface area (Å²) in [4.78, 5) is 25.1. The van der Waals surface area contributed by atoms with Gasteiger partial charge in [-0.05, 0) is 11.1 Å². The van der Waals surface area contributed by atoms with Crippen LogP contribution >= 0.6 is 0 Å². The molecule has 2 aromatic carbocycles. The average molecular weight is 351 g/mol. The second-order valence-corrected chi connectivity index (χ2v) is 6.21. The van der Waals surface area contributed by atoms with Crippen LogP contribution in [0.5, 0.6) is 0 Å². The van der Waals surface area contributed by atoms with E-state index < -0.39 is 29.5 Å². The van der Waals surface area contributed by atoms with Gasteiger partial charge in [0.05, 0.1) is 13.2 Å². The van der Waals surface area contributed by atoms with E-state index in [0.717, 1.165) is 11.1 Å². The van der Waals surface area contributed by atoms with Crippen LogP contribution in [0.25, 0.3) is 6.08 Å². The van der Waals surface area contributed by atoms with Gasteiger partial charge in [0, 0.05) is 6.42 Å². The summed E-state index contributed by atoms with van der Waals surface area (Å²) in [5, 5.41) is 0. The Hall–Kier alpha value is -2.76. The smallest absolute Gasteiger partial charge is 0.336 e. The molecule has 1 fully saturated rings. The molecule has 0 amide bonds. The van der Waals surface area contributed by atoms with Gasteiger partial charge in [-0.15, -0.1) is 0 Å². The summed E-state index contributed by atoms with van der Waals surface area (Å²) in [5.74, 6) is -1.19. The molecule has 1 saturated heterocycles. The molecule has 2 aromatic rings. The van der Waals surface area contributed by atoms with Crippen molar-refractivity contribution < 1.29 is 19.1 Å². The van der Waals surface area contributed by atoms with Crippen molar-refractivity contribution in [2.75, 3.05) is 7.11 Å². The highest BCUT2D eigenvalue weighted by atomic mass is 16.5. The highest BCUT2D eigenvalue weighted by molar-refractivity contribution is 6.10. The third kappa shape index (κ3) is 3.45. The minimum absolute atomic E-state index is 0.0191. The van der Waals surface area contributed by atoms with Gasteiger partial charge in [0.2, 0.25) is 5.54 Å². The number of benzene rings is 2. The predicted octanol–water partition coefficient (Wildman–Crippen LogP) is 2.67. The molecule has 3 atom stereocenters. The van der Waals surface area contributed by atoms with Crippen molar-refractivity contribution in [2.45, 2.75) is 24.2 Å². The number of rotatable bonds is 4. The Morgan fingerprint density at radius 1 is 1.15 bits per heavy atom. The van der Waals surface area contributed by atoms with E-state index >= 15 is 0 Å². The molecule has 0 unspecified atom stereocenters. The van der Waals surface area contributed by atoms with Gasteiger partial charge in [0.25, 0.3) is 0 Å². The first-order valence-corrected chi connectivity index (χ1v) is 8.40. The van der Waals surface area contributed by atoms with Crippen molar-refractivity contribution in [2.24, 2.45) is 5.73 Å². The Kier molecular flexibility index (Phi) is 5.30. The molecule has 1 aliphatic rings. The Labute approximate surface area is 152 Å². The first kappa shape index (κ1) is 18.0. The van der Waals surface area contributed by atoms with Gasteiger partial charge in [-0.2, -0.15) is 0 Å². The number of Topliss-reactive ketones (excluding diaryl/α,β-unsaturated/α-hetero) is 1. The lowest BCUT2D eigenvalue weighted by Crippen LogP contribution is -2.66. The maximum absolute atomic E-state index is 12.8. The summed E-state index contributed by atoms with van der Waals surface area (Å²) in [7, 11) is 1.21. The first-order chi connectivity index (χ1) is 12.6. The van der Waals surface area contributed by atoms with Crippen LogP contribution in [0.1, 0.15) is 23.7 Å². The maximum atomic E-state index is 12.8. The van der Waals surface area contributed by atoms with Crippen LogP contribution < -0.4 is 5.73 Å². The molecular formula is C21H21NO4. The van der Waals surface area contributed by atoms with Crippen molar-refractivity contribution >= 4 is 17.8 Å². The number of hydrogen-bond acceptors (Lipinski definition) is 5. The summed E-state index contributed by atoms with van der Waals surface area (Å²) in [6.45, 7) is 0. The summed E-state index contributed by atoms with van der Waals surface area (Å²) < 4.78 is 10.9. The SMILES string of the molecule is COC(=O)[C@]1(N)C(=O)C[C@@H](c2ccccc2)O[C@@H]1/C=C/c1ccccc1. The molecule has 1 heterocycles. The fraction of sp³-hybridized carbons (Fsp3) is 0.238. The Morgan fingerprint density at radius 2 is 1.77 bits per heavy atom. The van der Waals surface area contributed by atoms with E-state index in [1.165, 1.54) is 7.11 Å². The van der Waals surface area contributed by atoms with Crippen molar-refractivity contribution in [1.29, 1.82) is 0 Å². The minimum atomic E-state index is -1.86. The van der Waals surface area contributed by atoms with Crippen molar-refractivity contribution in [3.05, 3.63) is 77.9 Å². The van der Waals surface area contributed by atoms with Crippen molar-refractivity contribution in [1.82, 2.24) is 0 Å². The molecule has 0 saturated carbocycles. The number of esters is 1. The van der Waals surface area contributed by atoms with Gasteiger partial charge < -0.3 is 15.2 Å². The first-order valence-electron chi connectivity index (χ1n) is 8.40. The summed E-state index contributed by atoms with van der Waals surface area (Å²) in [5.41, 5.74) is 6.13. The molecule has 0 bridgehead atoms. The van der Waals surface area contributed by atoms with Crippen LogP contribution in [-0.2, 0) is 19.1 Å². The van der Waals surface area contributed by atoms with Crippen LogP contribution in [0.4, 0.5) is 0 Å². The summed E-state index contributed by atoms with van der Waals surface area (Å²) in [6.07, 6.45) is 2.07. The van der Waals surface area contributed by atoms with Gasteiger partial charge in [0.15, 0.2) is 5.78 Å². The lowest BCUT2D eigenvalue weighted by molar-refractivity contribution is -0.167. The van der Waals surface area contributed by atoms with Crippen molar-refractivity contribution in [3.63, 3.8) is 0 Å². The quantitative estimate of drug-likeness (QED) is 0.677. The van der Waals surface area contributed by atoms with E-state index in [0.29, 0.717) is 0 Å². The zero-order valence-corrected chi connectivity index (χ0v) is 14.5. The van der Waals surface area contributed by atoms with E-state index in [2.05, 4.69) is 0 Å². The molecule has 0 aromatic heterocycles. The largest absolute Gasteiger partial charge is 0.467 e. The number of carbonyl (C=O) groups is 2. The predicted molar refractivity (Wildman–Crippen MR) is 98.1 cm³/mol. The molecule has 1 aliphatic heterocycles. The van der Waals surface area contributed by atoms with E-state index in [1.807, 2.05) is 60.7 Å². The van der Waals surface area contributed by atoms with E-state index in [4.69, 9.17) is 15.2 Å². The van der Waals surface area contributed by atoms with E-state index in [-0.39, 0.29) is 6.42 Å². The highest BCUT2D eigenvalue weighted by Gasteiger charge is 2.54. The van der Waals surface area contributed by atoms with Crippen LogP contribution in [0.15, 0.2) is 66.7 Å². The lowest BCUT2D eigenvalue weighted by Gasteiger charge is -2.39. The molecule has 3 rings (SSSR count). The molecule has 0 spiro atoms. The number of methoxy groups -OCH3 is 1. The van der Waals surface area contributed by atoms with Crippen LogP contribution in [-0.4, -0.2) is 30.5 Å². The number of ketones is 1. The standard InChI is InChI=1S/C21H21NO4/c1-25-20(24)21(22)18(23)14-17(16-10-6-3-7-11-16)26-19(21)13-12-15-8-4-2-5-9-15/h2-13,17,19H,14,22H2,1H3/b13-12+/t17-,19+,21-/m0/s1. The Balaban J connectivity index is 1.94. The second kappa shape index (κ2) is 7.64. The van der Waals surface area contributed by atoms with Gasteiger partial charge in [0.1, 0.15) is 6.10 Å². The number of carbonyl (C=O) groups excluding carboxylic acids is 2. The minimum Gasteiger partial charge on any atom is -0.467 e. The highest BCUT2D eigenvalue weighted by Crippen LogP contribution is 2.35. The molecule has 134 valence electrons. The number of ether oxygens (including phenoxy) is 2. The average Bonchev–Trinajstić information content (AvgIpc) is 2.69. The maximum Gasteiger partial charge on any atom is 0.336 e. The molecule has 0 aliphatic carbocycles. The van der Waals surface area contributed by atoms with Crippen LogP contribution in [0, 0.1) is 0 Å². The zero-order chi connectivity index (χ0) is 18.6. The van der Waals surface area contributed by atoms with Crippen LogP contribution in [0.3, 0.4) is 0 Å². The Bertz CT molecular complexity index is 803. The third-order valence-corrected chi connectivity index (χ3v) is 4.55. The fourth-order valence-electron chi connectivity index (χ4n) is 3.05. The molecular weight excluding hydrogens is 330 g/mol. The topological polar surface area (TPSA) is 78.6 Å². The van der Waals surface area contributed by atoms with Crippen molar-refractivity contribution in [3.8, 4) is 0 Å². The van der Waals surface area contributed by atoms with E-state index in [1.54, 1.807) is 12.2 Å². The van der Waals surface area contributed by atoms with Gasteiger partial charge in [-0.1, -0.05) is 72.8 Å². The van der Waals surface area contributed by atoms with Gasteiger partial charge in [-0.3, -0.25) is 4.79 Å². The normalized spacial score (nSPS) is 26.0. The zero-order valence-electron chi connectivity index (χ0n) is 14.5. The molecule has 2 N–H and O–H groups in total. The molecule has 5 heteroatoms. The number of nitrogens with two attached hydrogens (primary N) is 1. The fourth-order valence-corrected chi connectivity index (χ4v) is 3.05. The molecule has 5 nitrogen and oxygen atoms in total. The van der Waals surface area contributed by atoms with Gasteiger partial charge in [-0.25, -0.2) is 4.79 Å². The van der Waals surface area contributed by atoms with Crippen LogP contribution in [0.2, 0.25) is 0 Å². The lowest BCUT2D eigenvalue weighted by atomic mass is 9.81. The third-order valence-electron chi connectivity index (χ3n) is 4.55. The molecule has 0 radical (unpaired) electrons. The summed E-state index contributed by atoms with van der Waals surface area (Å²) >= 11 is 0. The molecule has 26 heavy (non-hydrogen) atoms.